The van der Waals surface area contributed by atoms with Gasteiger partial charge in [-0.15, -0.1) is 12.4 Å². The van der Waals surface area contributed by atoms with Crippen LogP contribution in [-0.4, -0.2) is 19.7 Å². The molecule has 0 aliphatic rings. The van der Waals surface area contributed by atoms with Crippen molar-refractivity contribution < 1.29 is 4.39 Å². The van der Waals surface area contributed by atoms with E-state index in [0.29, 0.717) is 12.1 Å². The summed E-state index contributed by atoms with van der Waals surface area (Å²) in [5.74, 6) is -0.316. The van der Waals surface area contributed by atoms with Crippen molar-refractivity contribution in [2.24, 2.45) is 5.73 Å². The minimum absolute atomic E-state index is 0. The van der Waals surface area contributed by atoms with Gasteiger partial charge in [0.2, 0.25) is 0 Å². The van der Waals surface area contributed by atoms with Gasteiger partial charge in [0.1, 0.15) is 5.82 Å². The Balaban J connectivity index is 0.00000210. The fourth-order valence-electron chi connectivity index (χ4n) is 3.07. The molecule has 0 spiro atoms. The van der Waals surface area contributed by atoms with Crippen molar-refractivity contribution in [3.63, 3.8) is 0 Å². The molecule has 0 amide bonds. The lowest BCUT2D eigenvalue weighted by Crippen LogP contribution is -2.19. The van der Waals surface area contributed by atoms with Crippen LogP contribution in [0.15, 0.2) is 60.9 Å². The molecule has 3 aromatic heterocycles. The van der Waals surface area contributed by atoms with Crippen molar-refractivity contribution in [3.05, 3.63) is 83.8 Å². The average molecular weight is 384 g/mol. The van der Waals surface area contributed by atoms with Crippen molar-refractivity contribution in [2.45, 2.75) is 19.4 Å². The largest absolute Gasteiger partial charge is 0.322 e. The number of rotatable bonds is 4. The molecule has 5 nitrogen and oxygen atoms in total. The number of para-hydroxylation sites is 1. The second-order valence-electron chi connectivity index (χ2n) is 6.20. The number of pyridine rings is 2. The van der Waals surface area contributed by atoms with Gasteiger partial charge in [-0.05, 0) is 37.3 Å². The van der Waals surface area contributed by atoms with Crippen molar-refractivity contribution in [1.29, 1.82) is 0 Å². The summed E-state index contributed by atoms with van der Waals surface area (Å²) in [4.78, 5) is 8.77. The Bertz CT molecular complexity index is 1080. The van der Waals surface area contributed by atoms with Crippen LogP contribution >= 0.6 is 12.4 Å². The molecule has 0 saturated heterocycles. The van der Waals surface area contributed by atoms with Crippen LogP contribution in [0.1, 0.15) is 23.1 Å². The third-order valence-corrected chi connectivity index (χ3v) is 4.38. The van der Waals surface area contributed by atoms with E-state index in [0.717, 1.165) is 28.0 Å². The highest BCUT2D eigenvalue weighted by Gasteiger charge is 2.17. The van der Waals surface area contributed by atoms with Crippen molar-refractivity contribution in [3.8, 4) is 5.69 Å². The number of aromatic nitrogens is 4. The molecular formula is C20H19ClFN5. The number of nitrogens with two attached hydrogens (primary N) is 1. The molecular weight excluding hydrogens is 365 g/mol. The highest BCUT2D eigenvalue weighted by Crippen LogP contribution is 2.24. The molecule has 0 fully saturated rings. The Morgan fingerprint density at radius 1 is 1.11 bits per heavy atom. The van der Waals surface area contributed by atoms with Crippen molar-refractivity contribution in [1.82, 2.24) is 19.7 Å². The summed E-state index contributed by atoms with van der Waals surface area (Å²) in [5.41, 5.74) is 10.1. The van der Waals surface area contributed by atoms with E-state index in [9.17, 15) is 4.39 Å². The number of halogens is 2. The van der Waals surface area contributed by atoms with E-state index in [1.54, 1.807) is 19.2 Å². The molecule has 0 saturated carbocycles. The molecule has 3 heterocycles. The van der Waals surface area contributed by atoms with Crippen LogP contribution in [0.2, 0.25) is 0 Å². The Kier molecular flexibility index (Phi) is 5.48. The maximum atomic E-state index is 13.4. The zero-order valence-corrected chi connectivity index (χ0v) is 15.5. The highest BCUT2D eigenvalue weighted by atomic mass is 35.5. The molecule has 0 bridgehead atoms. The van der Waals surface area contributed by atoms with Gasteiger partial charge in [-0.3, -0.25) is 9.97 Å². The molecule has 4 rings (SSSR count). The number of aryl methyl sites for hydroxylation is 1. The number of nitrogens with zero attached hydrogens (tertiary/aromatic N) is 4. The first-order valence-electron chi connectivity index (χ1n) is 8.39. The molecule has 1 aromatic carbocycles. The fourth-order valence-corrected chi connectivity index (χ4v) is 3.07. The number of hydrogen-bond acceptors (Lipinski definition) is 4. The maximum Gasteiger partial charge on any atom is 0.144 e. The number of hydrogen-bond donors (Lipinski definition) is 1. The van der Waals surface area contributed by atoms with Crippen LogP contribution in [0, 0.1) is 12.7 Å². The van der Waals surface area contributed by atoms with E-state index < -0.39 is 0 Å². The van der Waals surface area contributed by atoms with Crippen molar-refractivity contribution in [2.75, 3.05) is 0 Å². The van der Waals surface area contributed by atoms with Gasteiger partial charge in [0.15, 0.2) is 0 Å². The second kappa shape index (κ2) is 7.82. The van der Waals surface area contributed by atoms with E-state index in [-0.39, 0.29) is 24.3 Å². The molecule has 0 radical (unpaired) electrons. The van der Waals surface area contributed by atoms with Gasteiger partial charge in [-0.1, -0.05) is 18.2 Å². The van der Waals surface area contributed by atoms with Gasteiger partial charge in [-0.2, -0.15) is 5.10 Å². The predicted octanol–water partition coefficient (Wildman–Crippen LogP) is 3.93. The molecule has 0 unspecified atom stereocenters. The molecule has 1 atom stereocenters. The Morgan fingerprint density at radius 2 is 1.93 bits per heavy atom. The summed E-state index contributed by atoms with van der Waals surface area (Å²) in [5, 5.41) is 5.55. The van der Waals surface area contributed by atoms with Crippen LogP contribution < -0.4 is 5.73 Å². The maximum absolute atomic E-state index is 13.4. The molecule has 2 N–H and O–H groups in total. The average Bonchev–Trinajstić information content (AvgIpc) is 3.09. The summed E-state index contributed by atoms with van der Waals surface area (Å²) in [6.45, 7) is 1.65. The van der Waals surface area contributed by atoms with E-state index in [4.69, 9.17) is 5.73 Å². The smallest absolute Gasteiger partial charge is 0.144 e. The van der Waals surface area contributed by atoms with E-state index in [2.05, 4.69) is 15.1 Å². The van der Waals surface area contributed by atoms with Crippen LogP contribution in [-0.2, 0) is 6.42 Å². The summed E-state index contributed by atoms with van der Waals surface area (Å²) in [7, 11) is 0. The molecule has 138 valence electrons. The van der Waals surface area contributed by atoms with Gasteiger partial charge in [-0.25, -0.2) is 9.07 Å². The van der Waals surface area contributed by atoms with E-state index >= 15 is 0 Å². The normalized spacial score (nSPS) is 12.0. The Morgan fingerprint density at radius 3 is 2.74 bits per heavy atom. The lowest BCUT2D eigenvalue weighted by molar-refractivity contribution is 0.601. The van der Waals surface area contributed by atoms with Gasteiger partial charge in [0.25, 0.3) is 0 Å². The van der Waals surface area contributed by atoms with Crippen LogP contribution in [0.5, 0.6) is 0 Å². The van der Waals surface area contributed by atoms with Crippen LogP contribution in [0.3, 0.4) is 0 Å². The van der Waals surface area contributed by atoms with Gasteiger partial charge >= 0.3 is 0 Å². The van der Waals surface area contributed by atoms with Crippen molar-refractivity contribution >= 4 is 23.3 Å². The predicted molar refractivity (Wildman–Crippen MR) is 106 cm³/mol. The first-order valence-corrected chi connectivity index (χ1v) is 8.39. The third kappa shape index (κ3) is 3.67. The first kappa shape index (κ1) is 18.9. The Hall–Kier alpha value is -2.83. The summed E-state index contributed by atoms with van der Waals surface area (Å²) in [6, 6.07) is 14.5. The standard InChI is InChI=1S/C20H18FN5.ClH/c1-13-16(21)9-8-15(25-13)11-17(22)20-19(7-4-10-23-20)26-18-6-3-2-5-14(18)12-24-26;/h2-10,12,17H,11,22H2,1H3;1H/t17-;/m0./s1. The van der Waals surface area contributed by atoms with Crippen LogP contribution in [0.25, 0.3) is 16.6 Å². The Labute approximate surface area is 162 Å². The topological polar surface area (TPSA) is 69.6 Å². The zero-order valence-electron chi connectivity index (χ0n) is 14.7. The third-order valence-electron chi connectivity index (χ3n) is 4.38. The SMILES string of the molecule is Cc1nc(C[C@H](N)c2ncccc2-n2ncc3ccccc32)ccc1F.Cl. The molecule has 7 heteroatoms. The number of benzene rings is 1. The van der Waals surface area contributed by atoms with E-state index in [1.165, 1.54) is 6.07 Å². The van der Waals surface area contributed by atoms with Crippen LogP contribution in [0.4, 0.5) is 4.39 Å². The summed E-state index contributed by atoms with van der Waals surface area (Å²) >= 11 is 0. The minimum atomic E-state index is -0.383. The molecule has 27 heavy (non-hydrogen) atoms. The van der Waals surface area contributed by atoms with E-state index in [1.807, 2.05) is 47.3 Å². The quantitative estimate of drug-likeness (QED) is 0.579. The summed E-state index contributed by atoms with van der Waals surface area (Å²) in [6.07, 6.45) is 4.00. The summed E-state index contributed by atoms with van der Waals surface area (Å²) < 4.78 is 15.3. The van der Waals surface area contributed by atoms with Gasteiger partial charge in [0.05, 0.1) is 34.8 Å². The van der Waals surface area contributed by atoms with Gasteiger partial charge in [0, 0.05) is 23.7 Å². The fraction of sp³-hybridized carbons (Fsp3) is 0.150. The molecule has 0 aliphatic heterocycles. The lowest BCUT2D eigenvalue weighted by Gasteiger charge is -2.16. The first-order chi connectivity index (χ1) is 12.6. The second-order valence-corrected chi connectivity index (χ2v) is 6.20. The minimum Gasteiger partial charge on any atom is -0.322 e. The molecule has 0 aliphatic carbocycles. The highest BCUT2D eigenvalue weighted by molar-refractivity contribution is 5.85. The van der Waals surface area contributed by atoms with Gasteiger partial charge < -0.3 is 5.73 Å². The monoisotopic (exact) mass is 383 g/mol. The zero-order chi connectivity index (χ0) is 18.1. The molecule has 4 aromatic rings. The lowest BCUT2D eigenvalue weighted by atomic mass is 10.1. The number of fused-ring (bicyclic) bond motifs is 1.